The monoisotopic (exact) mass is 405 g/mol. The van der Waals surface area contributed by atoms with E-state index in [1.807, 2.05) is 30.3 Å². The number of amides is 2. The van der Waals surface area contributed by atoms with Gasteiger partial charge in [0.2, 0.25) is 5.91 Å². The third kappa shape index (κ3) is 5.23. The molecule has 0 aliphatic carbocycles. The molecule has 1 aromatic heterocycles. The van der Waals surface area contributed by atoms with Crippen LogP contribution in [0.2, 0.25) is 0 Å². The number of benzene rings is 2. The fourth-order valence-electron chi connectivity index (χ4n) is 2.75. The Morgan fingerprint density at radius 1 is 1.10 bits per heavy atom. The number of carbonyl (C=O) groups is 3. The average Bonchev–Trinajstić information content (AvgIpc) is 3.17. The lowest BCUT2D eigenvalue weighted by Gasteiger charge is -2.11. The number of nitriles is 1. The summed E-state index contributed by atoms with van der Waals surface area (Å²) in [4.78, 5) is 35.6. The first-order valence-corrected chi connectivity index (χ1v) is 9.18. The maximum absolute atomic E-state index is 12.1. The molecule has 0 saturated carbocycles. The first kappa shape index (κ1) is 20.6. The van der Waals surface area contributed by atoms with Crippen molar-refractivity contribution in [2.45, 2.75) is 19.4 Å². The smallest absolute Gasteiger partial charge is 0.338 e. The van der Waals surface area contributed by atoms with Crippen molar-refractivity contribution in [3.8, 4) is 6.07 Å². The Morgan fingerprint density at radius 3 is 2.53 bits per heavy atom. The number of carbonyl (C=O) groups excluding carboxylic acids is 3. The molecule has 8 nitrogen and oxygen atoms in total. The van der Waals surface area contributed by atoms with Gasteiger partial charge in [-0.15, -0.1) is 0 Å². The Kier molecular flexibility index (Phi) is 6.45. The van der Waals surface area contributed by atoms with Crippen LogP contribution in [0.25, 0.3) is 11.0 Å². The quantitative estimate of drug-likeness (QED) is 0.582. The minimum atomic E-state index is -0.670. The van der Waals surface area contributed by atoms with Crippen molar-refractivity contribution in [2.24, 2.45) is 0 Å². The van der Waals surface area contributed by atoms with Crippen LogP contribution in [-0.2, 0) is 14.3 Å². The van der Waals surface area contributed by atoms with E-state index in [9.17, 15) is 14.4 Å². The first-order valence-electron chi connectivity index (χ1n) is 9.18. The number of fused-ring (bicyclic) bond motifs is 1. The predicted octanol–water partition coefficient (Wildman–Crippen LogP) is 3.32. The van der Waals surface area contributed by atoms with Crippen LogP contribution in [0.4, 0.5) is 5.69 Å². The summed E-state index contributed by atoms with van der Waals surface area (Å²) >= 11 is 0. The fourth-order valence-corrected chi connectivity index (χ4v) is 2.75. The number of rotatable bonds is 7. The molecule has 152 valence electrons. The summed E-state index contributed by atoms with van der Waals surface area (Å²) < 4.78 is 10.7. The Bertz CT molecular complexity index is 1080. The van der Waals surface area contributed by atoms with Crippen molar-refractivity contribution in [3.63, 3.8) is 0 Å². The number of nitrogens with one attached hydrogen (secondary N) is 2. The van der Waals surface area contributed by atoms with E-state index in [1.54, 1.807) is 13.0 Å². The lowest BCUT2D eigenvalue weighted by molar-refractivity contribution is -0.125. The number of anilines is 1. The zero-order valence-electron chi connectivity index (χ0n) is 16.2. The van der Waals surface area contributed by atoms with Crippen molar-refractivity contribution < 1.29 is 23.5 Å². The number of esters is 1. The highest BCUT2D eigenvalue weighted by Crippen LogP contribution is 2.23. The molecule has 0 aliphatic heterocycles. The van der Waals surface area contributed by atoms with Gasteiger partial charge in [0.25, 0.3) is 5.91 Å². The van der Waals surface area contributed by atoms with Gasteiger partial charge in [0.1, 0.15) is 17.8 Å². The van der Waals surface area contributed by atoms with Crippen molar-refractivity contribution in [2.75, 3.05) is 11.9 Å². The second-order valence-corrected chi connectivity index (χ2v) is 6.51. The molecular formula is C22H19N3O5. The Balaban J connectivity index is 1.49. The largest absolute Gasteiger partial charge is 0.459 e. The van der Waals surface area contributed by atoms with Crippen molar-refractivity contribution in [1.29, 1.82) is 5.26 Å². The molecule has 3 aromatic rings. The molecule has 8 heteroatoms. The van der Waals surface area contributed by atoms with E-state index >= 15 is 0 Å². The number of para-hydroxylation sites is 1. The van der Waals surface area contributed by atoms with Crippen LogP contribution in [0, 0.1) is 11.3 Å². The summed E-state index contributed by atoms with van der Waals surface area (Å²) in [6, 6.07) is 16.7. The number of furan rings is 1. The number of hydrogen-bond acceptors (Lipinski definition) is 6. The van der Waals surface area contributed by atoms with Crippen LogP contribution in [0.1, 0.15) is 35.5 Å². The number of ether oxygens (including phenoxy) is 1. The molecule has 0 aliphatic rings. The van der Waals surface area contributed by atoms with Crippen molar-refractivity contribution >= 4 is 34.4 Å². The summed E-state index contributed by atoms with van der Waals surface area (Å²) in [5, 5.41) is 14.7. The molecule has 1 atom stereocenters. The van der Waals surface area contributed by atoms with Gasteiger partial charge in [-0.1, -0.05) is 18.2 Å². The topological polar surface area (TPSA) is 121 Å². The third-order valence-electron chi connectivity index (χ3n) is 4.23. The van der Waals surface area contributed by atoms with E-state index in [0.717, 1.165) is 11.0 Å². The van der Waals surface area contributed by atoms with Crippen LogP contribution >= 0.6 is 0 Å². The first-order chi connectivity index (χ1) is 14.5. The zero-order valence-corrected chi connectivity index (χ0v) is 16.2. The van der Waals surface area contributed by atoms with Gasteiger partial charge in [0.15, 0.2) is 6.61 Å². The van der Waals surface area contributed by atoms with Crippen LogP contribution in [0.5, 0.6) is 0 Å². The van der Waals surface area contributed by atoms with Gasteiger partial charge in [-0.25, -0.2) is 4.79 Å². The van der Waals surface area contributed by atoms with E-state index in [4.69, 9.17) is 14.4 Å². The Morgan fingerprint density at radius 2 is 1.83 bits per heavy atom. The van der Waals surface area contributed by atoms with E-state index in [-0.39, 0.29) is 18.0 Å². The van der Waals surface area contributed by atoms with Crippen molar-refractivity contribution in [3.05, 3.63) is 65.9 Å². The molecule has 3 rings (SSSR count). The molecule has 0 unspecified atom stereocenters. The number of hydrogen-bond donors (Lipinski definition) is 2. The molecule has 2 aromatic carbocycles. The Hall–Kier alpha value is -4.12. The number of nitrogens with zero attached hydrogens (tertiary/aromatic N) is 1. The summed E-state index contributed by atoms with van der Waals surface area (Å²) in [5.74, 6) is -0.971. The highest BCUT2D eigenvalue weighted by molar-refractivity contribution is 5.94. The molecular weight excluding hydrogens is 386 g/mol. The summed E-state index contributed by atoms with van der Waals surface area (Å²) in [7, 11) is 0. The van der Waals surface area contributed by atoms with E-state index < -0.39 is 24.4 Å². The standard InChI is InChI=1S/C22H19N3O5/c1-14(19-12-16-4-2-3-5-18(16)30-19)24-21(27)13-29-22(28)15-6-8-17(9-7-15)25-20(26)10-11-23/h2-9,12,14H,10,13H2,1H3,(H,24,27)(H,25,26)/t14-/m1/s1. The predicted molar refractivity (Wildman–Crippen MR) is 108 cm³/mol. The van der Waals surface area contributed by atoms with Gasteiger partial charge in [0, 0.05) is 11.1 Å². The maximum Gasteiger partial charge on any atom is 0.338 e. The van der Waals surface area contributed by atoms with Crippen LogP contribution in [0.15, 0.2) is 59.0 Å². The highest BCUT2D eigenvalue weighted by Gasteiger charge is 2.16. The minimum absolute atomic E-state index is 0.228. The van der Waals surface area contributed by atoms with Gasteiger partial charge >= 0.3 is 5.97 Å². The van der Waals surface area contributed by atoms with Gasteiger partial charge in [-0.2, -0.15) is 5.26 Å². The van der Waals surface area contributed by atoms with Gasteiger partial charge < -0.3 is 19.8 Å². The molecule has 2 amide bonds. The van der Waals surface area contributed by atoms with Crippen LogP contribution < -0.4 is 10.6 Å². The molecule has 2 N–H and O–H groups in total. The average molecular weight is 405 g/mol. The maximum atomic E-state index is 12.1. The molecule has 0 radical (unpaired) electrons. The minimum Gasteiger partial charge on any atom is -0.459 e. The fraction of sp³-hybridized carbons (Fsp3) is 0.182. The summed E-state index contributed by atoms with van der Waals surface area (Å²) in [6.45, 7) is 1.33. The van der Waals surface area contributed by atoms with Gasteiger partial charge in [-0.05, 0) is 43.3 Å². The lowest BCUT2D eigenvalue weighted by atomic mass is 10.2. The molecule has 0 bridgehead atoms. The molecule has 0 spiro atoms. The van der Waals surface area contributed by atoms with Gasteiger partial charge in [0.05, 0.1) is 17.7 Å². The second-order valence-electron chi connectivity index (χ2n) is 6.51. The van der Waals surface area contributed by atoms with Crippen LogP contribution in [0.3, 0.4) is 0 Å². The molecule has 0 saturated heterocycles. The van der Waals surface area contributed by atoms with E-state index in [1.165, 1.54) is 24.3 Å². The third-order valence-corrected chi connectivity index (χ3v) is 4.23. The second kappa shape index (κ2) is 9.39. The van der Waals surface area contributed by atoms with Crippen LogP contribution in [-0.4, -0.2) is 24.4 Å². The van der Waals surface area contributed by atoms with E-state index in [0.29, 0.717) is 11.4 Å². The molecule has 0 fully saturated rings. The molecule has 30 heavy (non-hydrogen) atoms. The van der Waals surface area contributed by atoms with E-state index in [2.05, 4.69) is 10.6 Å². The van der Waals surface area contributed by atoms with Crippen molar-refractivity contribution in [1.82, 2.24) is 5.32 Å². The Labute approximate surface area is 172 Å². The normalized spacial score (nSPS) is 11.3. The summed E-state index contributed by atoms with van der Waals surface area (Å²) in [5.41, 5.74) is 1.41. The zero-order chi connectivity index (χ0) is 21.5. The van der Waals surface area contributed by atoms with Gasteiger partial charge in [-0.3, -0.25) is 9.59 Å². The highest BCUT2D eigenvalue weighted by atomic mass is 16.5. The summed E-state index contributed by atoms with van der Waals surface area (Å²) in [6.07, 6.45) is -0.259. The molecule has 1 heterocycles. The lowest BCUT2D eigenvalue weighted by Crippen LogP contribution is -2.31. The SMILES string of the molecule is C[C@@H](NC(=O)COC(=O)c1ccc(NC(=O)CC#N)cc1)c1cc2ccccc2o1.